The Hall–Kier alpha value is -1.04. The molecule has 1 rings (SSSR count). The highest BCUT2D eigenvalue weighted by Crippen LogP contribution is 2.14. The molecule has 3 nitrogen and oxygen atoms in total. The molecule has 0 aliphatic carbocycles. The minimum Gasteiger partial charge on any atom is -0.389 e. The molecule has 1 aromatic carbocycles. The van der Waals surface area contributed by atoms with Crippen molar-refractivity contribution in [3.05, 3.63) is 35.1 Å². The predicted molar refractivity (Wildman–Crippen MR) is 75.1 cm³/mol. The third-order valence-corrected chi connectivity index (χ3v) is 2.89. The lowest BCUT2D eigenvalue weighted by Gasteiger charge is -2.17. The molecule has 5 heteroatoms. The van der Waals surface area contributed by atoms with Crippen LogP contribution < -0.4 is 5.73 Å². The van der Waals surface area contributed by atoms with Gasteiger partial charge in [0.2, 0.25) is 0 Å². The number of hydrogen-bond acceptors (Lipinski definition) is 3. The molecule has 0 saturated carbocycles. The lowest BCUT2D eigenvalue weighted by atomic mass is 10.1. The van der Waals surface area contributed by atoms with Crippen LogP contribution in [-0.4, -0.2) is 37.2 Å². The highest BCUT2D eigenvalue weighted by atomic mass is 32.1. The Bertz CT molecular complexity index is 412. The molecular formula is C13H19FN2OS. The third-order valence-electron chi connectivity index (χ3n) is 2.67. The van der Waals surface area contributed by atoms with Gasteiger partial charge in [-0.25, -0.2) is 4.39 Å². The highest BCUT2D eigenvalue weighted by Gasteiger charge is 2.11. The van der Waals surface area contributed by atoms with Crippen LogP contribution in [0, 0.1) is 5.82 Å². The van der Waals surface area contributed by atoms with Gasteiger partial charge in [-0.1, -0.05) is 24.4 Å². The second kappa shape index (κ2) is 7.41. The van der Waals surface area contributed by atoms with E-state index >= 15 is 0 Å². The maximum atomic E-state index is 14.1. The van der Waals surface area contributed by atoms with Crippen LogP contribution in [0.25, 0.3) is 0 Å². The van der Waals surface area contributed by atoms with E-state index in [0.717, 1.165) is 13.0 Å². The second-order valence-electron chi connectivity index (χ2n) is 4.23. The first kappa shape index (κ1) is 15.0. The van der Waals surface area contributed by atoms with Crippen molar-refractivity contribution in [2.45, 2.75) is 13.0 Å². The normalized spacial score (nSPS) is 10.9. The zero-order valence-corrected chi connectivity index (χ0v) is 11.6. The number of rotatable bonds is 7. The number of halogens is 1. The van der Waals surface area contributed by atoms with E-state index in [0.29, 0.717) is 24.3 Å². The van der Waals surface area contributed by atoms with Gasteiger partial charge in [0, 0.05) is 37.9 Å². The molecule has 0 fully saturated rings. The van der Waals surface area contributed by atoms with Crippen LogP contribution in [0.4, 0.5) is 4.39 Å². The summed E-state index contributed by atoms with van der Waals surface area (Å²) < 4.78 is 19.0. The van der Waals surface area contributed by atoms with Crippen LogP contribution in [0.3, 0.4) is 0 Å². The summed E-state index contributed by atoms with van der Waals surface area (Å²) in [5.74, 6) is -0.316. The van der Waals surface area contributed by atoms with Crippen LogP contribution in [0.2, 0.25) is 0 Å². The minimum atomic E-state index is -0.316. The number of ether oxygens (including phenoxy) is 1. The number of nitrogens with zero attached hydrogens (tertiary/aromatic N) is 1. The van der Waals surface area contributed by atoms with Crippen molar-refractivity contribution in [1.82, 2.24) is 4.90 Å². The fourth-order valence-electron chi connectivity index (χ4n) is 1.74. The van der Waals surface area contributed by atoms with Gasteiger partial charge < -0.3 is 15.4 Å². The monoisotopic (exact) mass is 270 g/mol. The number of thiocarbonyl (C=S) groups is 1. The molecule has 0 radical (unpaired) electrons. The molecule has 0 bridgehead atoms. The quantitative estimate of drug-likeness (QED) is 0.607. The number of nitrogens with two attached hydrogens (primary N) is 1. The van der Waals surface area contributed by atoms with Crippen LogP contribution >= 0.6 is 12.2 Å². The zero-order chi connectivity index (χ0) is 13.5. The molecule has 1 aromatic rings. The topological polar surface area (TPSA) is 38.5 Å². The molecule has 0 amide bonds. The fourth-order valence-corrected chi connectivity index (χ4v) is 1.90. The Labute approximate surface area is 113 Å². The Kier molecular flexibility index (Phi) is 6.18. The van der Waals surface area contributed by atoms with E-state index in [2.05, 4.69) is 0 Å². The maximum absolute atomic E-state index is 14.1. The van der Waals surface area contributed by atoms with Crippen LogP contribution in [0.5, 0.6) is 0 Å². The lowest BCUT2D eigenvalue weighted by molar-refractivity contribution is 0.178. The Morgan fingerprint density at radius 1 is 1.50 bits per heavy atom. The smallest absolute Gasteiger partial charge is 0.137 e. The molecule has 0 aliphatic rings. The van der Waals surface area contributed by atoms with Gasteiger partial charge in [0.05, 0.1) is 0 Å². The fraction of sp³-hybridized carbons (Fsp3) is 0.462. The van der Waals surface area contributed by atoms with Gasteiger partial charge in [-0.2, -0.15) is 0 Å². The van der Waals surface area contributed by atoms with E-state index < -0.39 is 0 Å². The SMILES string of the molecule is COCCCN(C)Cc1cccc(C(N)=S)c1F. The second-order valence-corrected chi connectivity index (χ2v) is 4.67. The van der Waals surface area contributed by atoms with Crippen LogP contribution in [0.15, 0.2) is 18.2 Å². The van der Waals surface area contributed by atoms with E-state index in [1.165, 1.54) is 0 Å². The maximum Gasteiger partial charge on any atom is 0.137 e. The van der Waals surface area contributed by atoms with Crippen molar-refractivity contribution in [2.24, 2.45) is 5.73 Å². The molecule has 0 aromatic heterocycles. The van der Waals surface area contributed by atoms with Crippen molar-refractivity contribution < 1.29 is 9.13 Å². The van der Waals surface area contributed by atoms with E-state index in [-0.39, 0.29) is 10.8 Å². The van der Waals surface area contributed by atoms with Crippen LogP contribution in [-0.2, 0) is 11.3 Å². The van der Waals surface area contributed by atoms with Gasteiger partial charge in [-0.05, 0) is 19.5 Å². The van der Waals surface area contributed by atoms with E-state index in [1.807, 2.05) is 11.9 Å². The summed E-state index contributed by atoms with van der Waals surface area (Å²) in [5.41, 5.74) is 6.40. The summed E-state index contributed by atoms with van der Waals surface area (Å²) in [5, 5.41) is 0. The van der Waals surface area contributed by atoms with Crippen molar-refractivity contribution in [3.8, 4) is 0 Å². The standard InChI is InChI=1S/C13H19FN2OS/c1-16(7-4-8-17-2)9-10-5-3-6-11(12(10)14)13(15)18/h3,5-6H,4,7-9H2,1-2H3,(H2,15,18). The molecule has 2 N–H and O–H groups in total. The summed E-state index contributed by atoms with van der Waals surface area (Å²) in [4.78, 5) is 2.14. The number of hydrogen-bond donors (Lipinski definition) is 1. The lowest BCUT2D eigenvalue weighted by Crippen LogP contribution is -2.22. The van der Waals surface area contributed by atoms with E-state index in [1.54, 1.807) is 25.3 Å². The zero-order valence-electron chi connectivity index (χ0n) is 10.8. The van der Waals surface area contributed by atoms with Gasteiger partial charge in [-0.3, -0.25) is 0 Å². The Morgan fingerprint density at radius 2 is 2.22 bits per heavy atom. The molecule has 100 valence electrons. The van der Waals surface area contributed by atoms with Crippen molar-refractivity contribution >= 4 is 17.2 Å². The molecule has 0 unspecified atom stereocenters. The average molecular weight is 270 g/mol. The third kappa shape index (κ3) is 4.33. The first-order chi connectivity index (χ1) is 8.56. The highest BCUT2D eigenvalue weighted by molar-refractivity contribution is 7.80. The van der Waals surface area contributed by atoms with Crippen molar-refractivity contribution in [1.29, 1.82) is 0 Å². The molecule has 0 spiro atoms. The van der Waals surface area contributed by atoms with Gasteiger partial charge in [0.1, 0.15) is 10.8 Å². The molecular weight excluding hydrogens is 251 g/mol. The molecule has 0 aliphatic heterocycles. The van der Waals surface area contributed by atoms with Crippen molar-refractivity contribution in [3.63, 3.8) is 0 Å². The van der Waals surface area contributed by atoms with Crippen molar-refractivity contribution in [2.75, 3.05) is 27.3 Å². The van der Waals surface area contributed by atoms with Gasteiger partial charge >= 0.3 is 0 Å². The largest absolute Gasteiger partial charge is 0.389 e. The Balaban J connectivity index is 2.67. The Morgan fingerprint density at radius 3 is 2.83 bits per heavy atom. The van der Waals surface area contributed by atoms with E-state index in [4.69, 9.17) is 22.7 Å². The summed E-state index contributed by atoms with van der Waals surface area (Å²) in [6.07, 6.45) is 0.920. The summed E-state index contributed by atoms with van der Waals surface area (Å²) >= 11 is 4.82. The average Bonchev–Trinajstić information content (AvgIpc) is 2.32. The predicted octanol–water partition coefficient (Wildman–Crippen LogP) is 1.93. The van der Waals surface area contributed by atoms with Gasteiger partial charge in [0.15, 0.2) is 0 Å². The first-order valence-electron chi connectivity index (χ1n) is 5.81. The van der Waals surface area contributed by atoms with Gasteiger partial charge in [-0.15, -0.1) is 0 Å². The van der Waals surface area contributed by atoms with E-state index in [9.17, 15) is 4.39 Å². The molecule has 0 atom stereocenters. The van der Waals surface area contributed by atoms with Gasteiger partial charge in [0.25, 0.3) is 0 Å². The summed E-state index contributed by atoms with van der Waals surface area (Å²) in [6.45, 7) is 2.09. The minimum absolute atomic E-state index is 0.0939. The summed E-state index contributed by atoms with van der Waals surface area (Å²) in [7, 11) is 3.62. The molecule has 0 heterocycles. The number of benzene rings is 1. The first-order valence-corrected chi connectivity index (χ1v) is 6.21. The number of methoxy groups -OCH3 is 1. The summed E-state index contributed by atoms with van der Waals surface area (Å²) in [6, 6.07) is 5.13. The van der Waals surface area contributed by atoms with Crippen LogP contribution in [0.1, 0.15) is 17.5 Å². The molecule has 18 heavy (non-hydrogen) atoms. The molecule has 0 saturated heterocycles.